The van der Waals surface area contributed by atoms with Crippen molar-refractivity contribution < 1.29 is 24.2 Å². The van der Waals surface area contributed by atoms with Gasteiger partial charge in [-0.1, -0.05) is 42.5 Å². The lowest BCUT2D eigenvalue weighted by Crippen LogP contribution is -2.42. The van der Waals surface area contributed by atoms with E-state index >= 15 is 0 Å². The molecule has 0 fully saturated rings. The molecular formula is C20H20N2O5. The molecule has 7 heteroatoms. The van der Waals surface area contributed by atoms with Gasteiger partial charge in [0.1, 0.15) is 18.4 Å². The Morgan fingerprint density at radius 2 is 1.93 bits per heavy atom. The van der Waals surface area contributed by atoms with Gasteiger partial charge in [0.2, 0.25) is 0 Å². The number of amides is 1. The van der Waals surface area contributed by atoms with Crippen LogP contribution < -0.4 is 10.1 Å². The number of aromatic nitrogens is 1. The zero-order valence-electron chi connectivity index (χ0n) is 14.8. The van der Waals surface area contributed by atoms with E-state index in [2.05, 4.69) is 10.3 Å². The molecule has 1 heterocycles. The van der Waals surface area contributed by atoms with Crippen LogP contribution >= 0.6 is 0 Å². The summed E-state index contributed by atoms with van der Waals surface area (Å²) in [5.74, 6) is -0.468. The van der Waals surface area contributed by atoms with E-state index in [9.17, 15) is 14.7 Å². The van der Waals surface area contributed by atoms with Gasteiger partial charge in [0, 0.05) is 18.0 Å². The van der Waals surface area contributed by atoms with Crippen LogP contribution in [0.4, 0.5) is 4.79 Å². The summed E-state index contributed by atoms with van der Waals surface area (Å²) in [5.41, 5.74) is 2.37. The van der Waals surface area contributed by atoms with E-state index in [4.69, 9.17) is 9.47 Å². The molecular weight excluding hydrogens is 348 g/mol. The summed E-state index contributed by atoms with van der Waals surface area (Å²) < 4.78 is 10.4. The number of para-hydroxylation sites is 1. The molecule has 0 saturated carbocycles. The average Bonchev–Trinajstić information content (AvgIpc) is 3.09. The number of fused-ring (bicyclic) bond motifs is 1. The van der Waals surface area contributed by atoms with Crippen LogP contribution in [0.15, 0.2) is 54.7 Å². The Morgan fingerprint density at radius 1 is 1.15 bits per heavy atom. The number of methoxy groups -OCH3 is 1. The number of hydrogen-bond donors (Lipinski definition) is 3. The second-order valence-corrected chi connectivity index (χ2v) is 6.00. The maximum atomic E-state index is 12.0. The zero-order chi connectivity index (χ0) is 19.2. The number of alkyl carbamates (subject to hydrolysis) is 1. The van der Waals surface area contributed by atoms with E-state index < -0.39 is 18.1 Å². The molecule has 3 aromatic rings. The number of rotatable bonds is 7. The molecule has 0 spiro atoms. The number of nitrogens with one attached hydrogen (secondary N) is 2. The number of carbonyl (C=O) groups is 2. The Hall–Kier alpha value is -3.48. The van der Waals surface area contributed by atoms with Gasteiger partial charge in [-0.3, -0.25) is 0 Å². The summed E-state index contributed by atoms with van der Waals surface area (Å²) in [5, 5.41) is 12.7. The third-order valence-corrected chi connectivity index (χ3v) is 4.21. The first kappa shape index (κ1) is 18.3. The van der Waals surface area contributed by atoms with Gasteiger partial charge in [-0.25, -0.2) is 9.59 Å². The van der Waals surface area contributed by atoms with Crippen molar-refractivity contribution >= 4 is 23.0 Å². The molecule has 1 amide bonds. The zero-order valence-corrected chi connectivity index (χ0v) is 14.8. The van der Waals surface area contributed by atoms with E-state index in [1.807, 2.05) is 48.5 Å². The van der Waals surface area contributed by atoms with Crippen molar-refractivity contribution in [2.45, 2.75) is 19.1 Å². The minimum absolute atomic E-state index is 0.0727. The number of H-pyrrole nitrogens is 1. The van der Waals surface area contributed by atoms with Crippen molar-refractivity contribution in [1.82, 2.24) is 10.3 Å². The van der Waals surface area contributed by atoms with Crippen LogP contribution in [-0.4, -0.2) is 35.3 Å². The first-order valence-electron chi connectivity index (χ1n) is 8.41. The van der Waals surface area contributed by atoms with Crippen molar-refractivity contribution in [1.29, 1.82) is 0 Å². The molecule has 0 aliphatic carbocycles. The number of carboxylic acid groups (broad SMARTS) is 1. The smallest absolute Gasteiger partial charge is 0.408 e. The number of carboxylic acids is 1. The Bertz CT molecular complexity index is 936. The maximum absolute atomic E-state index is 12.0. The van der Waals surface area contributed by atoms with Crippen molar-refractivity contribution in [2.24, 2.45) is 0 Å². The Morgan fingerprint density at radius 3 is 2.63 bits per heavy atom. The molecule has 0 radical (unpaired) electrons. The van der Waals surface area contributed by atoms with Crippen LogP contribution in [0.3, 0.4) is 0 Å². The van der Waals surface area contributed by atoms with E-state index in [0.29, 0.717) is 5.75 Å². The van der Waals surface area contributed by atoms with Crippen molar-refractivity contribution in [2.75, 3.05) is 7.11 Å². The van der Waals surface area contributed by atoms with Crippen LogP contribution in [0.25, 0.3) is 10.9 Å². The molecule has 7 nitrogen and oxygen atoms in total. The molecule has 3 rings (SSSR count). The summed E-state index contributed by atoms with van der Waals surface area (Å²) in [7, 11) is 1.57. The Kier molecular flexibility index (Phi) is 5.61. The highest BCUT2D eigenvalue weighted by Crippen LogP contribution is 2.27. The predicted molar refractivity (Wildman–Crippen MR) is 99.7 cm³/mol. The van der Waals surface area contributed by atoms with Gasteiger partial charge in [-0.05, 0) is 17.2 Å². The molecule has 0 aliphatic heterocycles. The summed E-state index contributed by atoms with van der Waals surface area (Å²) in [6.07, 6.45) is 1.06. The fraction of sp³-hybridized carbons (Fsp3) is 0.200. The topological polar surface area (TPSA) is 101 Å². The van der Waals surface area contributed by atoms with Crippen LogP contribution in [0.1, 0.15) is 11.1 Å². The van der Waals surface area contributed by atoms with Crippen LogP contribution in [0.2, 0.25) is 0 Å². The number of hydrogen-bond acceptors (Lipinski definition) is 4. The molecule has 1 unspecified atom stereocenters. The SMILES string of the molecule is COc1cccc2c(CC(NC(=O)OCc3ccccc3)C(=O)O)c[nH]c12. The minimum Gasteiger partial charge on any atom is -0.495 e. The van der Waals surface area contributed by atoms with Crippen molar-refractivity contribution in [3.63, 3.8) is 0 Å². The van der Waals surface area contributed by atoms with Gasteiger partial charge >= 0.3 is 12.1 Å². The first-order valence-corrected chi connectivity index (χ1v) is 8.41. The molecule has 1 aromatic heterocycles. The van der Waals surface area contributed by atoms with Gasteiger partial charge in [0.15, 0.2) is 0 Å². The normalized spacial score (nSPS) is 11.7. The van der Waals surface area contributed by atoms with Crippen LogP contribution in [-0.2, 0) is 22.6 Å². The standard InChI is InChI=1S/C20H20N2O5/c1-26-17-9-5-8-15-14(11-21-18(15)17)10-16(19(23)24)22-20(25)27-12-13-6-3-2-4-7-13/h2-9,11,16,21H,10,12H2,1H3,(H,22,25)(H,23,24). The molecule has 0 aliphatic rings. The lowest BCUT2D eigenvalue weighted by Gasteiger charge is -2.14. The lowest BCUT2D eigenvalue weighted by atomic mass is 10.0. The maximum Gasteiger partial charge on any atom is 0.408 e. The second kappa shape index (κ2) is 8.27. The molecule has 27 heavy (non-hydrogen) atoms. The largest absolute Gasteiger partial charge is 0.495 e. The molecule has 0 saturated heterocycles. The third kappa shape index (κ3) is 4.38. The Labute approximate surface area is 155 Å². The van der Waals surface area contributed by atoms with Crippen LogP contribution in [0.5, 0.6) is 5.75 Å². The van der Waals surface area contributed by atoms with Gasteiger partial charge in [0.25, 0.3) is 0 Å². The van der Waals surface area contributed by atoms with E-state index in [1.165, 1.54) is 0 Å². The lowest BCUT2D eigenvalue weighted by molar-refractivity contribution is -0.139. The molecule has 1 atom stereocenters. The molecule has 2 aromatic carbocycles. The monoisotopic (exact) mass is 368 g/mol. The van der Waals surface area contributed by atoms with Gasteiger partial charge in [0.05, 0.1) is 12.6 Å². The van der Waals surface area contributed by atoms with Gasteiger partial charge in [-0.15, -0.1) is 0 Å². The number of aliphatic carboxylic acids is 1. The van der Waals surface area contributed by atoms with Crippen molar-refractivity contribution in [3.8, 4) is 5.75 Å². The van der Waals surface area contributed by atoms with Gasteiger partial charge in [-0.2, -0.15) is 0 Å². The number of aromatic amines is 1. The average molecular weight is 368 g/mol. The summed E-state index contributed by atoms with van der Waals surface area (Å²) in [6.45, 7) is 0.0727. The highest BCUT2D eigenvalue weighted by molar-refractivity contribution is 5.89. The Balaban J connectivity index is 1.67. The highest BCUT2D eigenvalue weighted by Gasteiger charge is 2.23. The van der Waals surface area contributed by atoms with E-state index in [1.54, 1.807) is 13.3 Å². The summed E-state index contributed by atoms with van der Waals surface area (Å²) in [4.78, 5) is 26.7. The number of benzene rings is 2. The summed E-state index contributed by atoms with van der Waals surface area (Å²) >= 11 is 0. The molecule has 3 N–H and O–H groups in total. The third-order valence-electron chi connectivity index (χ3n) is 4.21. The second-order valence-electron chi connectivity index (χ2n) is 6.00. The van der Waals surface area contributed by atoms with Crippen molar-refractivity contribution in [3.05, 3.63) is 65.9 Å². The fourth-order valence-electron chi connectivity index (χ4n) is 2.85. The fourth-order valence-corrected chi connectivity index (χ4v) is 2.85. The molecule has 140 valence electrons. The minimum atomic E-state index is -1.14. The van der Waals surface area contributed by atoms with E-state index in [-0.39, 0.29) is 13.0 Å². The number of carbonyl (C=O) groups excluding carboxylic acids is 1. The number of ether oxygens (including phenoxy) is 2. The predicted octanol–water partition coefficient (Wildman–Crippen LogP) is 3.10. The van der Waals surface area contributed by atoms with E-state index in [0.717, 1.165) is 22.0 Å². The quantitative estimate of drug-likeness (QED) is 0.595. The summed E-state index contributed by atoms with van der Waals surface area (Å²) in [6, 6.07) is 13.6. The first-order chi connectivity index (χ1) is 13.1. The molecule has 0 bridgehead atoms. The van der Waals surface area contributed by atoms with Crippen LogP contribution in [0, 0.1) is 0 Å². The highest BCUT2D eigenvalue weighted by atomic mass is 16.5. The van der Waals surface area contributed by atoms with Gasteiger partial charge < -0.3 is 24.9 Å².